The number of methoxy groups -OCH3 is 1. The summed E-state index contributed by atoms with van der Waals surface area (Å²) >= 11 is 0. The molecule has 12 heteroatoms. The summed E-state index contributed by atoms with van der Waals surface area (Å²) in [7, 11) is 1.49. The highest BCUT2D eigenvalue weighted by molar-refractivity contribution is 5.96. The molecule has 0 radical (unpaired) electrons. The molecule has 0 aliphatic carbocycles. The Bertz CT molecular complexity index is 1350. The highest BCUT2D eigenvalue weighted by atomic mass is 16.6. The van der Waals surface area contributed by atoms with Gasteiger partial charge in [-0.2, -0.15) is 5.10 Å². The average molecular weight is 490 g/mol. The van der Waals surface area contributed by atoms with E-state index < -0.39 is 21.7 Å². The molecular formula is C24H18N4O8. The Labute approximate surface area is 203 Å². The van der Waals surface area contributed by atoms with Crippen LogP contribution in [0, 0.1) is 20.2 Å². The third-order valence-electron chi connectivity index (χ3n) is 4.65. The SMILES string of the molecule is COc1ccc(C(=O)N/N=C/c2cc([N+](=O)[O-])ccc2OC(=O)/C=C/c2ccc([N+](=O)[O-])cc2)cc1. The number of hydrogen-bond acceptors (Lipinski definition) is 9. The topological polar surface area (TPSA) is 163 Å². The Morgan fingerprint density at radius 1 is 0.917 bits per heavy atom. The lowest BCUT2D eigenvalue weighted by molar-refractivity contribution is -0.385. The normalized spacial score (nSPS) is 10.8. The number of non-ortho nitro benzene ring substituents is 2. The van der Waals surface area contributed by atoms with Crippen LogP contribution in [-0.2, 0) is 4.79 Å². The highest BCUT2D eigenvalue weighted by Crippen LogP contribution is 2.23. The molecule has 36 heavy (non-hydrogen) atoms. The van der Waals surface area contributed by atoms with Crippen LogP contribution in [0.3, 0.4) is 0 Å². The Morgan fingerprint density at radius 3 is 2.17 bits per heavy atom. The lowest BCUT2D eigenvalue weighted by Crippen LogP contribution is -2.17. The molecule has 182 valence electrons. The number of nitrogens with one attached hydrogen (secondary N) is 1. The number of benzene rings is 3. The van der Waals surface area contributed by atoms with Gasteiger partial charge in [0.15, 0.2) is 0 Å². The van der Waals surface area contributed by atoms with Gasteiger partial charge in [-0.15, -0.1) is 0 Å². The molecule has 0 fully saturated rings. The van der Waals surface area contributed by atoms with Crippen molar-refractivity contribution in [1.82, 2.24) is 5.43 Å². The van der Waals surface area contributed by atoms with Gasteiger partial charge in [0.2, 0.25) is 0 Å². The van der Waals surface area contributed by atoms with Gasteiger partial charge >= 0.3 is 5.97 Å². The maximum atomic E-state index is 12.3. The lowest BCUT2D eigenvalue weighted by atomic mass is 10.2. The number of esters is 1. The summed E-state index contributed by atoms with van der Waals surface area (Å²) in [5, 5.41) is 25.7. The van der Waals surface area contributed by atoms with Crippen LogP contribution < -0.4 is 14.9 Å². The summed E-state index contributed by atoms with van der Waals surface area (Å²) in [6, 6.07) is 15.2. The molecule has 0 aromatic heterocycles. The second-order valence-corrected chi connectivity index (χ2v) is 7.01. The van der Waals surface area contributed by atoms with Crippen LogP contribution in [0.15, 0.2) is 77.9 Å². The van der Waals surface area contributed by atoms with Crippen LogP contribution >= 0.6 is 0 Å². The third kappa shape index (κ3) is 6.81. The van der Waals surface area contributed by atoms with E-state index in [9.17, 15) is 29.8 Å². The average Bonchev–Trinajstić information content (AvgIpc) is 2.88. The van der Waals surface area contributed by atoms with Crippen molar-refractivity contribution in [3.05, 3.63) is 110 Å². The van der Waals surface area contributed by atoms with E-state index in [1.54, 1.807) is 12.1 Å². The molecule has 0 spiro atoms. The molecule has 0 heterocycles. The van der Waals surface area contributed by atoms with Crippen molar-refractivity contribution < 1.29 is 28.9 Å². The van der Waals surface area contributed by atoms with E-state index in [-0.39, 0.29) is 22.7 Å². The van der Waals surface area contributed by atoms with Crippen LogP contribution in [0.4, 0.5) is 11.4 Å². The molecule has 0 saturated heterocycles. The molecule has 3 aromatic rings. The van der Waals surface area contributed by atoms with Gasteiger partial charge in [-0.3, -0.25) is 25.0 Å². The number of carbonyl (C=O) groups is 2. The van der Waals surface area contributed by atoms with Crippen molar-refractivity contribution >= 4 is 35.5 Å². The second kappa shape index (κ2) is 11.7. The number of hydrazone groups is 1. The molecule has 0 unspecified atom stereocenters. The third-order valence-corrected chi connectivity index (χ3v) is 4.65. The minimum atomic E-state index is -0.806. The smallest absolute Gasteiger partial charge is 0.336 e. The van der Waals surface area contributed by atoms with Gasteiger partial charge in [0.25, 0.3) is 17.3 Å². The molecule has 0 bridgehead atoms. The van der Waals surface area contributed by atoms with Gasteiger partial charge in [-0.05, 0) is 54.1 Å². The van der Waals surface area contributed by atoms with Gasteiger partial charge in [0.05, 0.1) is 23.2 Å². The monoisotopic (exact) mass is 490 g/mol. The molecule has 0 atom stereocenters. The quantitative estimate of drug-likeness (QED) is 0.118. The van der Waals surface area contributed by atoms with Crippen LogP contribution in [0.2, 0.25) is 0 Å². The Balaban J connectivity index is 1.72. The first-order chi connectivity index (χ1) is 17.3. The standard InChI is InChI=1S/C24H18N4O8/c1-35-21-10-5-17(6-11-21)24(30)26-25-15-18-14-20(28(33)34)9-12-22(18)36-23(29)13-4-16-2-7-19(8-3-16)27(31)32/h2-15H,1H3,(H,26,30)/b13-4+,25-15+. The predicted molar refractivity (Wildman–Crippen MR) is 129 cm³/mol. The molecule has 0 aliphatic rings. The fourth-order valence-corrected chi connectivity index (χ4v) is 2.82. The zero-order valence-corrected chi connectivity index (χ0v) is 18.7. The number of nitro groups is 2. The fraction of sp³-hybridized carbons (Fsp3) is 0.0417. The van der Waals surface area contributed by atoms with Crippen molar-refractivity contribution in [3.8, 4) is 11.5 Å². The molecule has 0 aliphatic heterocycles. The van der Waals surface area contributed by atoms with Gasteiger partial charge in [0, 0.05) is 41.5 Å². The van der Waals surface area contributed by atoms with Crippen molar-refractivity contribution in [3.63, 3.8) is 0 Å². The number of carbonyl (C=O) groups excluding carboxylic acids is 2. The summed E-state index contributed by atoms with van der Waals surface area (Å²) in [4.78, 5) is 45.2. The second-order valence-electron chi connectivity index (χ2n) is 7.01. The summed E-state index contributed by atoms with van der Waals surface area (Å²) in [5.74, 6) is -0.815. The number of nitro benzene ring substituents is 2. The first kappa shape index (κ1) is 25.2. The van der Waals surface area contributed by atoms with Crippen molar-refractivity contribution in [2.75, 3.05) is 7.11 Å². The van der Waals surface area contributed by atoms with Crippen LogP contribution in [0.5, 0.6) is 11.5 Å². The Morgan fingerprint density at radius 2 is 1.56 bits per heavy atom. The number of rotatable bonds is 9. The van der Waals surface area contributed by atoms with Crippen molar-refractivity contribution in [2.45, 2.75) is 0 Å². The molecule has 0 saturated carbocycles. The van der Waals surface area contributed by atoms with Gasteiger partial charge in [-0.1, -0.05) is 0 Å². The van der Waals surface area contributed by atoms with E-state index in [4.69, 9.17) is 9.47 Å². The summed E-state index contributed by atoms with van der Waals surface area (Å²) in [6.45, 7) is 0. The van der Waals surface area contributed by atoms with Crippen LogP contribution in [0.25, 0.3) is 6.08 Å². The van der Waals surface area contributed by atoms with Gasteiger partial charge < -0.3 is 9.47 Å². The number of nitrogens with zero attached hydrogens (tertiary/aromatic N) is 3. The van der Waals surface area contributed by atoms with Gasteiger partial charge in [0.1, 0.15) is 11.5 Å². The largest absolute Gasteiger partial charge is 0.497 e. The zero-order valence-electron chi connectivity index (χ0n) is 18.7. The Kier molecular flexibility index (Phi) is 8.17. The maximum absolute atomic E-state index is 12.3. The van der Waals surface area contributed by atoms with E-state index in [0.29, 0.717) is 16.9 Å². The molecule has 1 amide bonds. The predicted octanol–water partition coefficient (Wildman–Crippen LogP) is 3.89. The summed E-state index contributed by atoms with van der Waals surface area (Å²) in [5.41, 5.74) is 2.80. The van der Waals surface area contributed by atoms with Crippen molar-refractivity contribution in [2.24, 2.45) is 5.10 Å². The fourth-order valence-electron chi connectivity index (χ4n) is 2.82. The van der Waals surface area contributed by atoms with E-state index in [2.05, 4.69) is 10.5 Å². The summed E-state index contributed by atoms with van der Waals surface area (Å²) < 4.78 is 10.3. The number of hydrogen-bond donors (Lipinski definition) is 1. The summed E-state index contributed by atoms with van der Waals surface area (Å²) in [6.07, 6.45) is 3.59. The van der Waals surface area contributed by atoms with Crippen molar-refractivity contribution in [1.29, 1.82) is 0 Å². The zero-order chi connectivity index (χ0) is 26.1. The van der Waals surface area contributed by atoms with E-state index in [0.717, 1.165) is 24.4 Å². The van der Waals surface area contributed by atoms with Crippen LogP contribution in [-0.4, -0.2) is 35.0 Å². The minimum Gasteiger partial charge on any atom is -0.497 e. The van der Waals surface area contributed by atoms with E-state index in [1.807, 2.05) is 0 Å². The van der Waals surface area contributed by atoms with E-state index >= 15 is 0 Å². The molecule has 3 aromatic carbocycles. The molecule has 3 rings (SSSR count). The van der Waals surface area contributed by atoms with E-state index in [1.165, 1.54) is 55.7 Å². The maximum Gasteiger partial charge on any atom is 0.336 e. The minimum absolute atomic E-state index is 0.0404. The number of amides is 1. The first-order valence-electron chi connectivity index (χ1n) is 10.2. The molecule has 12 nitrogen and oxygen atoms in total. The van der Waals surface area contributed by atoms with Crippen LogP contribution in [0.1, 0.15) is 21.5 Å². The lowest BCUT2D eigenvalue weighted by Gasteiger charge is -2.06. The van der Waals surface area contributed by atoms with Gasteiger partial charge in [-0.25, -0.2) is 10.2 Å². The highest BCUT2D eigenvalue weighted by Gasteiger charge is 2.13. The first-order valence-corrected chi connectivity index (χ1v) is 10.2. The Hall–Kier alpha value is -5.39. The number of ether oxygens (including phenoxy) is 2. The molecule has 1 N–H and O–H groups in total. The molecular weight excluding hydrogens is 472 g/mol.